The molecule has 1 saturated heterocycles. The molecule has 1 fully saturated rings. The summed E-state index contributed by atoms with van der Waals surface area (Å²) in [6.45, 7) is 4.37. The zero-order chi connectivity index (χ0) is 9.36. The molecule has 0 aliphatic carbocycles. The maximum Gasteiger partial charge on any atom is 0.0517 e. The average molecular weight is 187 g/mol. The van der Waals surface area contributed by atoms with Crippen molar-refractivity contribution in [2.24, 2.45) is 11.7 Å². The molecule has 2 N–H and O–H groups in total. The Labute approximate surface area is 80.6 Å². The summed E-state index contributed by atoms with van der Waals surface area (Å²) in [5.74, 6) is 0.648. The van der Waals surface area contributed by atoms with Gasteiger partial charge < -0.3 is 15.2 Å². The standard InChI is InChI=1S/C10H21NO2/c11-5-2-1-3-6-12-8-10-4-7-13-9-10/h10H,1-9,11H2. The second-order valence-corrected chi connectivity index (χ2v) is 3.65. The Morgan fingerprint density at radius 2 is 2.23 bits per heavy atom. The molecule has 1 aliphatic heterocycles. The molecular weight excluding hydrogens is 166 g/mol. The van der Waals surface area contributed by atoms with Crippen LogP contribution in [0.3, 0.4) is 0 Å². The summed E-state index contributed by atoms with van der Waals surface area (Å²) in [5, 5.41) is 0. The van der Waals surface area contributed by atoms with Crippen LogP contribution >= 0.6 is 0 Å². The largest absolute Gasteiger partial charge is 0.381 e. The van der Waals surface area contributed by atoms with Crippen molar-refractivity contribution in [3.05, 3.63) is 0 Å². The molecular formula is C10H21NO2. The molecule has 0 saturated carbocycles. The Morgan fingerprint density at radius 3 is 2.92 bits per heavy atom. The van der Waals surface area contributed by atoms with Crippen molar-refractivity contribution in [2.45, 2.75) is 25.7 Å². The van der Waals surface area contributed by atoms with Gasteiger partial charge in [0.15, 0.2) is 0 Å². The molecule has 13 heavy (non-hydrogen) atoms. The van der Waals surface area contributed by atoms with Crippen LogP contribution < -0.4 is 5.73 Å². The van der Waals surface area contributed by atoms with Crippen molar-refractivity contribution in [3.8, 4) is 0 Å². The van der Waals surface area contributed by atoms with Crippen LogP contribution in [0, 0.1) is 5.92 Å². The summed E-state index contributed by atoms with van der Waals surface area (Å²) < 4.78 is 10.8. The summed E-state index contributed by atoms with van der Waals surface area (Å²) in [6, 6.07) is 0. The van der Waals surface area contributed by atoms with Gasteiger partial charge >= 0.3 is 0 Å². The normalized spacial score (nSPS) is 22.4. The molecule has 1 unspecified atom stereocenters. The lowest BCUT2D eigenvalue weighted by Gasteiger charge is -2.07. The summed E-state index contributed by atoms with van der Waals surface area (Å²) in [7, 11) is 0. The predicted molar refractivity (Wildman–Crippen MR) is 52.7 cm³/mol. The molecule has 0 aromatic carbocycles. The van der Waals surface area contributed by atoms with Gasteiger partial charge in [-0.1, -0.05) is 0 Å². The number of hydrogen-bond acceptors (Lipinski definition) is 3. The number of nitrogens with two attached hydrogens (primary N) is 1. The van der Waals surface area contributed by atoms with Crippen LogP contribution in [0.1, 0.15) is 25.7 Å². The SMILES string of the molecule is NCCCCCOCC1CCOC1. The van der Waals surface area contributed by atoms with Crippen molar-refractivity contribution in [1.29, 1.82) is 0 Å². The number of unbranched alkanes of at least 4 members (excludes halogenated alkanes) is 2. The summed E-state index contributed by atoms with van der Waals surface area (Å²) in [4.78, 5) is 0. The third-order valence-corrected chi connectivity index (χ3v) is 2.37. The van der Waals surface area contributed by atoms with Crippen LogP contribution in [0.4, 0.5) is 0 Å². The van der Waals surface area contributed by atoms with E-state index in [2.05, 4.69) is 0 Å². The minimum Gasteiger partial charge on any atom is -0.381 e. The van der Waals surface area contributed by atoms with Gasteiger partial charge in [-0.15, -0.1) is 0 Å². The fraction of sp³-hybridized carbons (Fsp3) is 1.00. The lowest BCUT2D eigenvalue weighted by molar-refractivity contribution is 0.0873. The van der Waals surface area contributed by atoms with Gasteiger partial charge in [0.1, 0.15) is 0 Å². The van der Waals surface area contributed by atoms with Crippen LogP contribution in [0.15, 0.2) is 0 Å². The zero-order valence-electron chi connectivity index (χ0n) is 8.34. The molecule has 1 aliphatic rings. The molecule has 0 spiro atoms. The Morgan fingerprint density at radius 1 is 1.31 bits per heavy atom. The third kappa shape index (κ3) is 5.24. The number of hydrogen-bond donors (Lipinski definition) is 1. The van der Waals surface area contributed by atoms with E-state index in [1.165, 1.54) is 12.8 Å². The molecule has 0 radical (unpaired) electrons. The predicted octanol–water partition coefficient (Wildman–Crippen LogP) is 1.17. The summed E-state index contributed by atoms with van der Waals surface area (Å²) in [6.07, 6.45) is 4.63. The Bertz CT molecular complexity index is 113. The van der Waals surface area contributed by atoms with E-state index >= 15 is 0 Å². The number of rotatable bonds is 7. The van der Waals surface area contributed by atoms with E-state index in [4.69, 9.17) is 15.2 Å². The maximum atomic E-state index is 5.54. The summed E-state index contributed by atoms with van der Waals surface area (Å²) >= 11 is 0. The van der Waals surface area contributed by atoms with Gasteiger partial charge in [-0.25, -0.2) is 0 Å². The van der Waals surface area contributed by atoms with E-state index in [1.54, 1.807) is 0 Å². The Balaban J connectivity index is 1.78. The molecule has 0 aromatic heterocycles. The first-order chi connectivity index (χ1) is 6.43. The third-order valence-electron chi connectivity index (χ3n) is 2.37. The van der Waals surface area contributed by atoms with Gasteiger partial charge in [0, 0.05) is 19.1 Å². The minimum absolute atomic E-state index is 0.648. The molecule has 1 atom stereocenters. The van der Waals surface area contributed by atoms with Crippen LogP contribution in [0.25, 0.3) is 0 Å². The lowest BCUT2D eigenvalue weighted by atomic mass is 10.1. The van der Waals surface area contributed by atoms with Crippen molar-refractivity contribution >= 4 is 0 Å². The Hall–Kier alpha value is -0.120. The van der Waals surface area contributed by atoms with Crippen LogP contribution in [0.5, 0.6) is 0 Å². The lowest BCUT2D eigenvalue weighted by Crippen LogP contribution is -2.10. The molecule has 0 bridgehead atoms. The number of ether oxygens (including phenoxy) is 2. The van der Waals surface area contributed by atoms with Crippen molar-refractivity contribution < 1.29 is 9.47 Å². The second-order valence-electron chi connectivity index (χ2n) is 3.65. The van der Waals surface area contributed by atoms with Gasteiger partial charge in [0.25, 0.3) is 0 Å². The second kappa shape index (κ2) is 7.30. The first-order valence-corrected chi connectivity index (χ1v) is 5.29. The highest BCUT2D eigenvalue weighted by atomic mass is 16.5. The van der Waals surface area contributed by atoms with Gasteiger partial charge in [-0.3, -0.25) is 0 Å². The fourth-order valence-corrected chi connectivity index (χ4v) is 1.49. The molecule has 3 heteroatoms. The zero-order valence-corrected chi connectivity index (χ0v) is 8.34. The van der Waals surface area contributed by atoms with Crippen LogP contribution in [-0.2, 0) is 9.47 Å². The van der Waals surface area contributed by atoms with Crippen LogP contribution in [-0.4, -0.2) is 33.0 Å². The van der Waals surface area contributed by atoms with Crippen molar-refractivity contribution in [2.75, 3.05) is 33.0 Å². The highest BCUT2D eigenvalue weighted by Crippen LogP contribution is 2.12. The highest BCUT2D eigenvalue weighted by Gasteiger charge is 2.14. The average Bonchev–Trinajstić information content (AvgIpc) is 2.63. The van der Waals surface area contributed by atoms with Crippen LogP contribution in [0.2, 0.25) is 0 Å². The molecule has 0 amide bonds. The van der Waals surface area contributed by atoms with Gasteiger partial charge in [0.2, 0.25) is 0 Å². The quantitative estimate of drug-likeness (QED) is 0.608. The first kappa shape index (κ1) is 11.0. The molecule has 78 valence electrons. The topological polar surface area (TPSA) is 44.5 Å². The van der Waals surface area contributed by atoms with Gasteiger partial charge in [0.05, 0.1) is 13.2 Å². The molecule has 3 nitrogen and oxygen atoms in total. The van der Waals surface area contributed by atoms with E-state index in [0.717, 1.165) is 45.8 Å². The molecule has 0 aromatic rings. The van der Waals surface area contributed by atoms with Crippen molar-refractivity contribution in [3.63, 3.8) is 0 Å². The monoisotopic (exact) mass is 187 g/mol. The van der Waals surface area contributed by atoms with E-state index < -0.39 is 0 Å². The fourth-order valence-electron chi connectivity index (χ4n) is 1.49. The minimum atomic E-state index is 0.648. The highest BCUT2D eigenvalue weighted by molar-refractivity contribution is 4.62. The smallest absolute Gasteiger partial charge is 0.0517 e. The molecule has 1 heterocycles. The summed E-state index contributed by atoms with van der Waals surface area (Å²) in [5.41, 5.74) is 5.39. The van der Waals surface area contributed by atoms with E-state index in [0.29, 0.717) is 5.92 Å². The Kier molecular flexibility index (Phi) is 6.15. The van der Waals surface area contributed by atoms with E-state index in [-0.39, 0.29) is 0 Å². The first-order valence-electron chi connectivity index (χ1n) is 5.29. The maximum absolute atomic E-state index is 5.54. The van der Waals surface area contributed by atoms with Gasteiger partial charge in [-0.2, -0.15) is 0 Å². The van der Waals surface area contributed by atoms with Gasteiger partial charge in [-0.05, 0) is 32.2 Å². The van der Waals surface area contributed by atoms with E-state index in [9.17, 15) is 0 Å². The van der Waals surface area contributed by atoms with E-state index in [1.807, 2.05) is 0 Å². The van der Waals surface area contributed by atoms with Crippen molar-refractivity contribution in [1.82, 2.24) is 0 Å². The molecule has 1 rings (SSSR count).